The Bertz CT molecular complexity index is 489. The first kappa shape index (κ1) is 16.6. The molecule has 0 aromatic rings. The molecule has 2 saturated carbocycles. The van der Waals surface area contributed by atoms with Crippen molar-refractivity contribution in [1.29, 1.82) is 0 Å². The first-order valence-corrected chi connectivity index (χ1v) is 8.82. The predicted molar refractivity (Wildman–Crippen MR) is 85.2 cm³/mol. The normalized spacial score (nSPS) is 35.3. The van der Waals surface area contributed by atoms with Gasteiger partial charge in [0.05, 0.1) is 11.5 Å². The average Bonchev–Trinajstić information content (AvgIpc) is 3.15. The Morgan fingerprint density at radius 1 is 1.30 bits per heavy atom. The highest BCUT2D eigenvalue weighted by atomic mass is 16.5. The number of carbonyl (C=O) groups is 2. The summed E-state index contributed by atoms with van der Waals surface area (Å²) in [6.45, 7) is 5.27. The molecule has 3 fully saturated rings. The zero-order valence-corrected chi connectivity index (χ0v) is 14.1. The van der Waals surface area contributed by atoms with Crippen molar-refractivity contribution in [3.05, 3.63) is 0 Å². The fraction of sp³-hybridized carbons (Fsp3) is 0.882. The van der Waals surface area contributed by atoms with E-state index >= 15 is 0 Å². The first-order valence-electron chi connectivity index (χ1n) is 8.82. The maximum absolute atomic E-state index is 12.5. The second kappa shape index (κ2) is 5.96. The maximum atomic E-state index is 12.5. The van der Waals surface area contributed by atoms with Gasteiger partial charge in [0, 0.05) is 31.2 Å². The Morgan fingerprint density at radius 2 is 2.00 bits per heavy atom. The average molecular weight is 324 g/mol. The number of nitrogens with one attached hydrogen (secondary N) is 1. The zero-order valence-electron chi connectivity index (χ0n) is 14.1. The molecule has 0 radical (unpaired) electrons. The molecule has 6 heteroatoms. The molecule has 0 aromatic carbocycles. The van der Waals surface area contributed by atoms with E-state index in [1.165, 1.54) is 12.8 Å². The molecule has 2 amide bonds. The van der Waals surface area contributed by atoms with E-state index in [0.29, 0.717) is 19.5 Å². The number of hydrogen-bond donors (Lipinski definition) is 2. The van der Waals surface area contributed by atoms with Crippen molar-refractivity contribution in [2.24, 2.45) is 10.8 Å². The van der Waals surface area contributed by atoms with Crippen molar-refractivity contribution in [1.82, 2.24) is 10.2 Å². The van der Waals surface area contributed by atoms with E-state index in [-0.39, 0.29) is 23.6 Å². The van der Waals surface area contributed by atoms with E-state index in [9.17, 15) is 14.7 Å². The Kier molecular flexibility index (Phi) is 4.29. The summed E-state index contributed by atoms with van der Waals surface area (Å²) < 4.78 is 5.87. The molecule has 6 nitrogen and oxygen atoms in total. The van der Waals surface area contributed by atoms with Gasteiger partial charge in [0.25, 0.3) is 0 Å². The standard InChI is InChI=1S/C17H28N2O4/c1-3-23-13-10-12(17(13)6-4-5-7-17)18-15(22)19-9-8-16(2,11-19)14(20)21/h12-13H,3-11H2,1-2H3,(H,18,22)(H,20,21). The number of carboxylic acid groups (broad SMARTS) is 1. The molecule has 23 heavy (non-hydrogen) atoms. The van der Waals surface area contributed by atoms with E-state index in [2.05, 4.69) is 5.32 Å². The Hall–Kier alpha value is -1.30. The number of aliphatic carboxylic acids is 1. The van der Waals surface area contributed by atoms with E-state index in [0.717, 1.165) is 25.9 Å². The monoisotopic (exact) mass is 324 g/mol. The van der Waals surface area contributed by atoms with Crippen LogP contribution in [-0.2, 0) is 9.53 Å². The van der Waals surface area contributed by atoms with Gasteiger partial charge in [-0.1, -0.05) is 12.8 Å². The summed E-state index contributed by atoms with van der Waals surface area (Å²) in [5, 5.41) is 12.5. The quantitative estimate of drug-likeness (QED) is 0.831. The minimum Gasteiger partial charge on any atom is -0.481 e. The second-order valence-corrected chi connectivity index (χ2v) is 7.66. The van der Waals surface area contributed by atoms with Crippen LogP contribution in [0.15, 0.2) is 0 Å². The highest BCUT2D eigenvalue weighted by molar-refractivity contribution is 5.79. The second-order valence-electron chi connectivity index (χ2n) is 7.66. The number of amides is 2. The molecule has 1 saturated heterocycles. The summed E-state index contributed by atoms with van der Waals surface area (Å²) in [6, 6.07) is 0.0620. The fourth-order valence-electron chi connectivity index (χ4n) is 4.64. The lowest BCUT2D eigenvalue weighted by molar-refractivity contribution is -0.147. The minimum absolute atomic E-state index is 0.110. The lowest BCUT2D eigenvalue weighted by Gasteiger charge is -2.54. The van der Waals surface area contributed by atoms with Crippen LogP contribution in [0.5, 0.6) is 0 Å². The predicted octanol–water partition coefficient (Wildman–Crippen LogP) is 2.23. The van der Waals surface area contributed by atoms with Gasteiger partial charge in [0.2, 0.25) is 0 Å². The highest BCUT2D eigenvalue weighted by Crippen LogP contribution is 2.54. The van der Waals surface area contributed by atoms with Crippen LogP contribution in [0.1, 0.15) is 52.4 Å². The molecule has 3 aliphatic rings. The smallest absolute Gasteiger partial charge is 0.317 e. The summed E-state index contributed by atoms with van der Waals surface area (Å²) in [5.41, 5.74) is -0.697. The van der Waals surface area contributed by atoms with Crippen LogP contribution >= 0.6 is 0 Å². The largest absolute Gasteiger partial charge is 0.481 e. The van der Waals surface area contributed by atoms with Gasteiger partial charge in [0.15, 0.2) is 0 Å². The van der Waals surface area contributed by atoms with Gasteiger partial charge in [-0.05, 0) is 39.5 Å². The number of rotatable bonds is 4. The van der Waals surface area contributed by atoms with E-state index in [1.54, 1.807) is 11.8 Å². The van der Waals surface area contributed by atoms with Gasteiger partial charge < -0.3 is 20.1 Å². The molecule has 0 aromatic heterocycles. The molecule has 130 valence electrons. The van der Waals surface area contributed by atoms with Crippen molar-refractivity contribution in [3.8, 4) is 0 Å². The lowest BCUT2D eigenvalue weighted by atomic mass is 9.60. The van der Waals surface area contributed by atoms with Crippen LogP contribution in [-0.4, -0.2) is 53.8 Å². The number of nitrogens with zero attached hydrogens (tertiary/aromatic N) is 1. The zero-order chi connectivity index (χ0) is 16.7. The lowest BCUT2D eigenvalue weighted by Crippen LogP contribution is -2.65. The number of hydrogen-bond acceptors (Lipinski definition) is 3. The topological polar surface area (TPSA) is 78.9 Å². The van der Waals surface area contributed by atoms with Crippen molar-refractivity contribution in [2.45, 2.75) is 64.5 Å². The molecular formula is C17H28N2O4. The molecule has 3 rings (SSSR count). The third-order valence-electron chi connectivity index (χ3n) is 6.26. The Balaban J connectivity index is 1.60. The van der Waals surface area contributed by atoms with Crippen LogP contribution < -0.4 is 5.32 Å². The number of carbonyl (C=O) groups excluding carboxylic acids is 1. The van der Waals surface area contributed by atoms with E-state index in [4.69, 9.17) is 4.74 Å². The van der Waals surface area contributed by atoms with Gasteiger partial charge in [-0.15, -0.1) is 0 Å². The number of urea groups is 1. The molecule has 1 spiro atoms. The van der Waals surface area contributed by atoms with Gasteiger partial charge in [-0.25, -0.2) is 4.79 Å². The highest BCUT2D eigenvalue weighted by Gasteiger charge is 2.57. The molecule has 0 bridgehead atoms. The van der Waals surface area contributed by atoms with Crippen molar-refractivity contribution in [3.63, 3.8) is 0 Å². The molecule has 1 heterocycles. The van der Waals surface area contributed by atoms with Crippen LogP contribution in [0.2, 0.25) is 0 Å². The Labute approximate surface area is 137 Å². The third-order valence-corrected chi connectivity index (χ3v) is 6.26. The van der Waals surface area contributed by atoms with E-state index < -0.39 is 11.4 Å². The van der Waals surface area contributed by atoms with Gasteiger partial charge >= 0.3 is 12.0 Å². The molecule has 2 aliphatic carbocycles. The molecule has 1 aliphatic heterocycles. The number of likely N-dealkylation sites (tertiary alicyclic amines) is 1. The molecule has 3 atom stereocenters. The number of ether oxygens (including phenoxy) is 1. The van der Waals surface area contributed by atoms with Crippen molar-refractivity contribution in [2.75, 3.05) is 19.7 Å². The van der Waals surface area contributed by atoms with Gasteiger partial charge in [-0.3, -0.25) is 4.79 Å². The summed E-state index contributed by atoms with van der Waals surface area (Å²) in [5.74, 6) is -0.819. The van der Waals surface area contributed by atoms with Crippen LogP contribution in [0.25, 0.3) is 0 Å². The first-order chi connectivity index (χ1) is 10.9. The van der Waals surface area contributed by atoms with Crippen molar-refractivity contribution < 1.29 is 19.4 Å². The summed E-state index contributed by atoms with van der Waals surface area (Å²) >= 11 is 0. The van der Waals surface area contributed by atoms with E-state index in [1.807, 2.05) is 6.92 Å². The minimum atomic E-state index is -0.819. The molecule has 2 N–H and O–H groups in total. The van der Waals surface area contributed by atoms with Crippen molar-refractivity contribution >= 4 is 12.0 Å². The molecular weight excluding hydrogens is 296 g/mol. The SMILES string of the molecule is CCOC1CC(NC(=O)N2CCC(C)(C(=O)O)C2)C12CCCC2. The summed E-state index contributed by atoms with van der Waals surface area (Å²) in [4.78, 5) is 25.5. The number of carboxylic acids is 1. The third kappa shape index (κ3) is 2.71. The Morgan fingerprint density at radius 3 is 2.57 bits per heavy atom. The van der Waals surface area contributed by atoms with Crippen LogP contribution in [0.3, 0.4) is 0 Å². The van der Waals surface area contributed by atoms with Gasteiger partial charge in [-0.2, -0.15) is 0 Å². The molecule has 3 unspecified atom stereocenters. The summed E-state index contributed by atoms with van der Waals surface area (Å²) in [7, 11) is 0. The fourth-order valence-corrected chi connectivity index (χ4v) is 4.64. The van der Waals surface area contributed by atoms with Gasteiger partial charge in [0.1, 0.15) is 0 Å². The van der Waals surface area contributed by atoms with Crippen LogP contribution in [0.4, 0.5) is 4.79 Å². The van der Waals surface area contributed by atoms with Crippen LogP contribution in [0, 0.1) is 10.8 Å². The summed E-state index contributed by atoms with van der Waals surface area (Å²) in [6.07, 6.45) is 6.32. The maximum Gasteiger partial charge on any atom is 0.317 e.